The molecule has 0 unspecified atom stereocenters. The summed E-state index contributed by atoms with van der Waals surface area (Å²) in [7, 11) is 0. The molecule has 0 aliphatic carbocycles. The van der Waals surface area contributed by atoms with Gasteiger partial charge in [-0.2, -0.15) is 0 Å². The van der Waals surface area contributed by atoms with Gasteiger partial charge in [-0.1, -0.05) is 25.1 Å². The van der Waals surface area contributed by atoms with Crippen molar-refractivity contribution < 1.29 is 14.3 Å². The summed E-state index contributed by atoms with van der Waals surface area (Å²) in [4.78, 5) is 30.9. The lowest BCUT2D eigenvalue weighted by Gasteiger charge is -2.17. The zero-order valence-corrected chi connectivity index (χ0v) is 18.6. The van der Waals surface area contributed by atoms with Crippen molar-refractivity contribution in [2.45, 2.75) is 33.0 Å². The van der Waals surface area contributed by atoms with E-state index >= 15 is 0 Å². The lowest BCUT2D eigenvalue weighted by atomic mass is 10.2. The Labute approximate surface area is 189 Å². The third kappa shape index (κ3) is 5.15. The van der Waals surface area contributed by atoms with Gasteiger partial charge in [-0.25, -0.2) is 4.98 Å². The van der Waals surface area contributed by atoms with Crippen molar-refractivity contribution in [1.29, 1.82) is 0 Å². The summed E-state index contributed by atoms with van der Waals surface area (Å²) < 4.78 is 13.1. The minimum atomic E-state index is -0.589. The predicted molar refractivity (Wildman–Crippen MR) is 125 cm³/mol. The van der Waals surface area contributed by atoms with Crippen LogP contribution in [-0.4, -0.2) is 21.4 Å². The van der Waals surface area contributed by atoms with Crippen LogP contribution in [0.15, 0.2) is 71.7 Å². The highest BCUT2D eigenvalue weighted by atomic mass is 32.1. The number of aryl methyl sites for hydroxylation is 1. The Hall–Kier alpha value is -3.65. The van der Waals surface area contributed by atoms with Gasteiger partial charge in [-0.15, -0.1) is 11.3 Å². The van der Waals surface area contributed by atoms with E-state index in [0.29, 0.717) is 34.3 Å². The van der Waals surface area contributed by atoms with Crippen molar-refractivity contribution in [2.75, 3.05) is 5.32 Å². The summed E-state index contributed by atoms with van der Waals surface area (Å²) in [6.07, 6.45) is 1.73. The molecule has 0 fully saturated rings. The van der Waals surface area contributed by atoms with E-state index in [1.54, 1.807) is 30.5 Å². The number of aromatic nitrogens is 2. The number of thiazole rings is 1. The average molecular weight is 450 g/mol. The largest absolute Gasteiger partial charge is 0.487 e. The molecule has 0 aliphatic heterocycles. The number of para-hydroxylation sites is 1. The molecule has 7 nitrogen and oxygen atoms in total. The molecule has 164 valence electrons. The quantitative estimate of drug-likeness (QED) is 0.430. The second-order valence-electron chi connectivity index (χ2n) is 7.21. The van der Waals surface area contributed by atoms with Crippen molar-refractivity contribution in [1.82, 2.24) is 9.38 Å². The number of fused-ring (bicyclic) bond motifs is 1. The van der Waals surface area contributed by atoms with Gasteiger partial charge in [-0.3, -0.25) is 14.0 Å². The van der Waals surface area contributed by atoms with Crippen LogP contribution in [-0.2, 0) is 11.4 Å². The zero-order valence-electron chi connectivity index (χ0n) is 17.8. The molecule has 0 bridgehead atoms. The molecule has 2 aromatic heterocycles. The predicted octanol–water partition coefficient (Wildman–Crippen LogP) is 4.44. The zero-order chi connectivity index (χ0) is 22.5. The fourth-order valence-electron chi connectivity index (χ4n) is 3.13. The maximum absolute atomic E-state index is 12.6. The molecule has 2 heterocycles. The molecule has 1 N–H and O–H groups in total. The first-order chi connectivity index (χ1) is 15.5. The van der Waals surface area contributed by atoms with Crippen LogP contribution in [0.25, 0.3) is 4.96 Å². The van der Waals surface area contributed by atoms with E-state index < -0.39 is 6.10 Å². The van der Waals surface area contributed by atoms with E-state index in [4.69, 9.17) is 9.47 Å². The molecule has 0 spiro atoms. The molecule has 1 amide bonds. The third-order valence-electron chi connectivity index (χ3n) is 4.73. The molecule has 0 saturated carbocycles. The summed E-state index contributed by atoms with van der Waals surface area (Å²) in [5, 5.41) is 2.87. The Morgan fingerprint density at radius 1 is 1.12 bits per heavy atom. The molecule has 0 saturated heterocycles. The number of nitrogens with zero attached hydrogens (tertiary/aromatic N) is 2. The molecule has 2 aromatic carbocycles. The SMILES string of the molecule is CC[C@H](Oc1ccccc1)C(=O)Nc1ccc(OCc2cc(=O)n3cc(C)sc3n2)cc1. The molecular weight excluding hydrogens is 426 g/mol. The minimum absolute atomic E-state index is 0.126. The number of anilines is 1. The standard InChI is InChI=1S/C24H23N3O4S/c1-3-21(31-20-7-5-4-6-8-20)23(29)25-17-9-11-19(12-10-17)30-15-18-13-22(28)27-14-16(2)32-24(27)26-18/h4-14,21H,3,15H2,1-2H3,(H,25,29)/t21-/m0/s1. The Bertz CT molecular complexity index is 1270. The average Bonchev–Trinajstić information content (AvgIpc) is 3.18. The summed E-state index contributed by atoms with van der Waals surface area (Å²) in [5.41, 5.74) is 1.08. The fraction of sp³-hybridized carbons (Fsp3) is 0.208. The molecule has 0 aliphatic rings. The maximum Gasteiger partial charge on any atom is 0.265 e. The van der Waals surface area contributed by atoms with Crippen LogP contribution in [0.5, 0.6) is 11.5 Å². The van der Waals surface area contributed by atoms with E-state index in [-0.39, 0.29) is 18.1 Å². The lowest BCUT2D eigenvalue weighted by Crippen LogP contribution is -2.32. The third-order valence-corrected chi connectivity index (χ3v) is 5.63. The van der Waals surface area contributed by atoms with Gasteiger partial charge >= 0.3 is 0 Å². The number of ether oxygens (including phenoxy) is 2. The Balaban J connectivity index is 1.35. The van der Waals surface area contributed by atoms with Gasteiger partial charge in [0, 0.05) is 22.8 Å². The normalized spacial score (nSPS) is 11.8. The number of rotatable bonds is 8. The first-order valence-corrected chi connectivity index (χ1v) is 11.1. The Morgan fingerprint density at radius 2 is 1.88 bits per heavy atom. The summed E-state index contributed by atoms with van der Waals surface area (Å²) >= 11 is 1.46. The molecule has 4 aromatic rings. The summed E-state index contributed by atoms with van der Waals surface area (Å²) in [5.74, 6) is 1.05. The second-order valence-corrected chi connectivity index (χ2v) is 8.42. The van der Waals surface area contributed by atoms with E-state index in [2.05, 4.69) is 10.3 Å². The monoisotopic (exact) mass is 449 g/mol. The van der Waals surface area contributed by atoms with Crippen LogP contribution in [0.4, 0.5) is 5.69 Å². The highest BCUT2D eigenvalue weighted by molar-refractivity contribution is 7.16. The highest BCUT2D eigenvalue weighted by Crippen LogP contribution is 2.19. The molecule has 4 rings (SSSR count). The van der Waals surface area contributed by atoms with Crippen LogP contribution in [0.2, 0.25) is 0 Å². The van der Waals surface area contributed by atoms with Gasteiger partial charge in [0.15, 0.2) is 11.1 Å². The molecule has 32 heavy (non-hydrogen) atoms. The fourth-order valence-corrected chi connectivity index (χ4v) is 3.98. The van der Waals surface area contributed by atoms with Crippen LogP contribution < -0.4 is 20.3 Å². The molecule has 1 atom stereocenters. The number of hydrogen-bond acceptors (Lipinski definition) is 6. The van der Waals surface area contributed by atoms with Crippen molar-refractivity contribution in [3.05, 3.63) is 87.8 Å². The van der Waals surface area contributed by atoms with E-state index in [1.165, 1.54) is 21.8 Å². The van der Waals surface area contributed by atoms with Gasteiger partial charge in [0.2, 0.25) is 0 Å². The van der Waals surface area contributed by atoms with Crippen molar-refractivity contribution in [3.8, 4) is 11.5 Å². The number of nitrogens with one attached hydrogen (secondary N) is 1. The van der Waals surface area contributed by atoms with E-state index in [1.807, 2.05) is 44.2 Å². The van der Waals surface area contributed by atoms with Crippen LogP contribution in [0.3, 0.4) is 0 Å². The molecule has 8 heteroatoms. The highest BCUT2D eigenvalue weighted by Gasteiger charge is 2.18. The van der Waals surface area contributed by atoms with Gasteiger partial charge in [0.25, 0.3) is 11.5 Å². The number of amides is 1. The Morgan fingerprint density at radius 3 is 2.59 bits per heavy atom. The molecular formula is C24H23N3O4S. The topological polar surface area (TPSA) is 81.9 Å². The molecule has 0 radical (unpaired) electrons. The van der Waals surface area contributed by atoms with E-state index in [0.717, 1.165) is 4.88 Å². The smallest absolute Gasteiger partial charge is 0.265 e. The number of carbonyl (C=O) groups excluding carboxylic acids is 1. The van der Waals surface area contributed by atoms with Crippen LogP contribution >= 0.6 is 11.3 Å². The number of benzene rings is 2. The summed E-state index contributed by atoms with van der Waals surface area (Å²) in [6.45, 7) is 4.02. The lowest BCUT2D eigenvalue weighted by molar-refractivity contribution is -0.122. The van der Waals surface area contributed by atoms with Crippen LogP contribution in [0, 0.1) is 6.92 Å². The van der Waals surface area contributed by atoms with E-state index in [9.17, 15) is 9.59 Å². The first-order valence-electron chi connectivity index (χ1n) is 10.3. The Kier molecular flexibility index (Phi) is 6.51. The number of carbonyl (C=O) groups is 1. The maximum atomic E-state index is 12.6. The first kappa shape index (κ1) is 21.6. The minimum Gasteiger partial charge on any atom is -0.487 e. The van der Waals surface area contributed by atoms with Gasteiger partial charge in [0.1, 0.15) is 18.1 Å². The summed E-state index contributed by atoms with van der Waals surface area (Å²) in [6, 6.07) is 17.8. The van der Waals surface area contributed by atoms with Crippen LogP contribution in [0.1, 0.15) is 23.9 Å². The van der Waals surface area contributed by atoms with Crippen molar-refractivity contribution in [3.63, 3.8) is 0 Å². The van der Waals surface area contributed by atoms with Gasteiger partial charge in [0.05, 0.1) is 5.69 Å². The van der Waals surface area contributed by atoms with Gasteiger partial charge < -0.3 is 14.8 Å². The van der Waals surface area contributed by atoms with Crippen molar-refractivity contribution in [2.24, 2.45) is 0 Å². The van der Waals surface area contributed by atoms with Gasteiger partial charge in [-0.05, 0) is 49.7 Å². The second kappa shape index (κ2) is 9.65. The number of hydrogen-bond donors (Lipinski definition) is 1. The van der Waals surface area contributed by atoms with Crippen molar-refractivity contribution >= 4 is 27.9 Å².